The SMILES string of the molecule is CC(Cc1ccco1)NC(=O)NCc1ccc(S(C)(=O)=O)cc1. The van der Waals surface area contributed by atoms with Gasteiger partial charge in [-0.25, -0.2) is 13.2 Å². The highest BCUT2D eigenvalue weighted by atomic mass is 32.2. The standard InChI is InChI=1S/C16H20N2O4S/c1-12(10-14-4-3-9-22-14)18-16(19)17-11-13-5-7-15(8-6-13)23(2,20)21/h3-9,12H,10-11H2,1-2H3,(H2,17,18,19). The number of carbonyl (C=O) groups excluding carboxylic acids is 1. The molecule has 0 aliphatic heterocycles. The Morgan fingerprint density at radius 1 is 1.22 bits per heavy atom. The molecule has 6 nitrogen and oxygen atoms in total. The van der Waals surface area contributed by atoms with E-state index in [0.717, 1.165) is 17.6 Å². The van der Waals surface area contributed by atoms with Crippen LogP contribution >= 0.6 is 0 Å². The van der Waals surface area contributed by atoms with Gasteiger partial charge < -0.3 is 15.1 Å². The Hall–Kier alpha value is -2.28. The molecule has 1 aromatic heterocycles. The van der Waals surface area contributed by atoms with Gasteiger partial charge in [0.15, 0.2) is 9.84 Å². The van der Waals surface area contributed by atoms with Gasteiger partial charge in [-0.1, -0.05) is 12.1 Å². The molecule has 0 fully saturated rings. The monoisotopic (exact) mass is 336 g/mol. The van der Waals surface area contributed by atoms with Gasteiger partial charge in [0.05, 0.1) is 11.2 Å². The predicted molar refractivity (Wildman–Crippen MR) is 86.8 cm³/mol. The molecule has 0 bridgehead atoms. The largest absolute Gasteiger partial charge is 0.469 e. The third kappa shape index (κ3) is 5.45. The van der Waals surface area contributed by atoms with Gasteiger partial charge in [0.1, 0.15) is 5.76 Å². The van der Waals surface area contributed by atoms with Crippen molar-refractivity contribution < 1.29 is 17.6 Å². The van der Waals surface area contributed by atoms with Gasteiger partial charge in [-0.3, -0.25) is 0 Å². The van der Waals surface area contributed by atoms with Gasteiger partial charge in [-0.15, -0.1) is 0 Å². The number of hydrogen-bond donors (Lipinski definition) is 2. The Morgan fingerprint density at radius 3 is 2.48 bits per heavy atom. The highest BCUT2D eigenvalue weighted by Crippen LogP contribution is 2.10. The lowest BCUT2D eigenvalue weighted by atomic mass is 10.2. The Morgan fingerprint density at radius 2 is 1.91 bits per heavy atom. The molecule has 1 heterocycles. The fourth-order valence-electron chi connectivity index (χ4n) is 2.09. The molecule has 7 heteroatoms. The average molecular weight is 336 g/mol. The van der Waals surface area contributed by atoms with Crippen molar-refractivity contribution in [3.63, 3.8) is 0 Å². The van der Waals surface area contributed by atoms with E-state index in [2.05, 4.69) is 10.6 Å². The summed E-state index contributed by atoms with van der Waals surface area (Å²) in [6.07, 6.45) is 3.37. The molecule has 0 aliphatic rings. The quantitative estimate of drug-likeness (QED) is 0.845. The van der Waals surface area contributed by atoms with Crippen LogP contribution in [0.2, 0.25) is 0 Å². The highest BCUT2D eigenvalue weighted by molar-refractivity contribution is 7.90. The van der Waals surface area contributed by atoms with Crippen molar-refractivity contribution in [2.75, 3.05) is 6.26 Å². The van der Waals surface area contributed by atoms with Crippen LogP contribution in [0.5, 0.6) is 0 Å². The number of urea groups is 1. The minimum Gasteiger partial charge on any atom is -0.469 e. The van der Waals surface area contributed by atoms with Crippen LogP contribution in [-0.4, -0.2) is 26.7 Å². The van der Waals surface area contributed by atoms with E-state index in [1.807, 2.05) is 19.1 Å². The molecule has 0 radical (unpaired) electrons. The lowest BCUT2D eigenvalue weighted by Gasteiger charge is -2.13. The average Bonchev–Trinajstić information content (AvgIpc) is 2.97. The number of amides is 2. The Labute approximate surface area is 135 Å². The molecular weight excluding hydrogens is 316 g/mol. The first kappa shape index (κ1) is 17.1. The normalized spacial score (nSPS) is 12.6. The van der Waals surface area contributed by atoms with Crippen molar-refractivity contribution in [3.8, 4) is 0 Å². The van der Waals surface area contributed by atoms with Crippen LogP contribution in [-0.2, 0) is 22.8 Å². The van der Waals surface area contributed by atoms with Gasteiger partial charge in [-0.2, -0.15) is 0 Å². The summed E-state index contributed by atoms with van der Waals surface area (Å²) >= 11 is 0. The second-order valence-electron chi connectivity index (χ2n) is 5.43. The summed E-state index contributed by atoms with van der Waals surface area (Å²) in [5, 5.41) is 5.56. The minimum atomic E-state index is -3.20. The lowest BCUT2D eigenvalue weighted by molar-refractivity contribution is 0.237. The van der Waals surface area contributed by atoms with Crippen molar-refractivity contribution >= 4 is 15.9 Å². The van der Waals surface area contributed by atoms with Gasteiger partial charge >= 0.3 is 6.03 Å². The maximum absolute atomic E-state index is 11.8. The molecule has 1 aromatic carbocycles. The molecule has 0 saturated heterocycles. The van der Waals surface area contributed by atoms with Crippen molar-refractivity contribution in [2.24, 2.45) is 0 Å². The summed E-state index contributed by atoms with van der Waals surface area (Å²) in [6.45, 7) is 2.21. The van der Waals surface area contributed by atoms with Gasteiger partial charge in [-0.05, 0) is 36.8 Å². The van der Waals surface area contributed by atoms with Gasteiger partial charge in [0.2, 0.25) is 0 Å². The fraction of sp³-hybridized carbons (Fsp3) is 0.312. The molecule has 2 rings (SSSR count). The lowest BCUT2D eigenvalue weighted by Crippen LogP contribution is -2.41. The Kier molecular flexibility index (Phi) is 5.44. The van der Waals surface area contributed by atoms with E-state index in [4.69, 9.17) is 4.42 Å². The van der Waals surface area contributed by atoms with E-state index in [1.54, 1.807) is 18.4 Å². The van der Waals surface area contributed by atoms with E-state index in [0.29, 0.717) is 13.0 Å². The van der Waals surface area contributed by atoms with Gasteiger partial charge in [0, 0.05) is 25.3 Å². The number of nitrogens with one attached hydrogen (secondary N) is 2. The maximum Gasteiger partial charge on any atom is 0.315 e. The predicted octanol–water partition coefficient (Wildman–Crippen LogP) is 2.11. The number of benzene rings is 1. The van der Waals surface area contributed by atoms with Crippen molar-refractivity contribution in [2.45, 2.75) is 30.8 Å². The molecule has 0 aliphatic carbocycles. The van der Waals surface area contributed by atoms with Crippen LogP contribution in [0.1, 0.15) is 18.2 Å². The third-order valence-corrected chi connectivity index (χ3v) is 4.40. The molecule has 2 amide bonds. The maximum atomic E-state index is 11.8. The van der Waals surface area contributed by atoms with Gasteiger partial charge in [0.25, 0.3) is 0 Å². The van der Waals surface area contributed by atoms with Crippen LogP contribution in [0.15, 0.2) is 52.0 Å². The van der Waals surface area contributed by atoms with E-state index < -0.39 is 9.84 Å². The van der Waals surface area contributed by atoms with Crippen LogP contribution in [0.4, 0.5) is 4.79 Å². The fourth-order valence-corrected chi connectivity index (χ4v) is 2.72. The van der Waals surface area contributed by atoms with Crippen LogP contribution in [0.25, 0.3) is 0 Å². The first-order valence-corrected chi connectivity index (χ1v) is 9.09. The molecule has 1 atom stereocenters. The zero-order valence-electron chi connectivity index (χ0n) is 13.1. The van der Waals surface area contributed by atoms with E-state index in [9.17, 15) is 13.2 Å². The molecule has 124 valence electrons. The smallest absolute Gasteiger partial charge is 0.315 e. The Bertz CT molecular complexity index is 737. The van der Waals surface area contributed by atoms with E-state index in [1.165, 1.54) is 12.1 Å². The second kappa shape index (κ2) is 7.32. The summed E-state index contributed by atoms with van der Waals surface area (Å²) < 4.78 is 28.0. The number of furan rings is 1. The van der Waals surface area contributed by atoms with Crippen LogP contribution in [0, 0.1) is 0 Å². The van der Waals surface area contributed by atoms with Crippen molar-refractivity contribution in [1.82, 2.24) is 10.6 Å². The highest BCUT2D eigenvalue weighted by Gasteiger charge is 2.10. The minimum absolute atomic E-state index is 0.0613. The molecule has 23 heavy (non-hydrogen) atoms. The summed E-state index contributed by atoms with van der Waals surface area (Å²) in [6, 6.07) is 9.76. The first-order valence-electron chi connectivity index (χ1n) is 7.20. The first-order chi connectivity index (χ1) is 10.8. The molecule has 0 spiro atoms. The van der Waals surface area contributed by atoms with E-state index >= 15 is 0 Å². The number of sulfone groups is 1. The molecule has 0 saturated carbocycles. The van der Waals surface area contributed by atoms with Crippen LogP contribution < -0.4 is 10.6 Å². The molecule has 2 N–H and O–H groups in total. The molecule has 1 unspecified atom stereocenters. The van der Waals surface area contributed by atoms with Crippen LogP contribution in [0.3, 0.4) is 0 Å². The number of carbonyl (C=O) groups is 1. The van der Waals surface area contributed by atoms with Crippen molar-refractivity contribution in [3.05, 3.63) is 54.0 Å². The topological polar surface area (TPSA) is 88.4 Å². The third-order valence-electron chi connectivity index (χ3n) is 3.27. The molecular formula is C16H20N2O4S. The zero-order valence-corrected chi connectivity index (χ0v) is 13.9. The second-order valence-corrected chi connectivity index (χ2v) is 7.44. The summed E-state index contributed by atoms with van der Waals surface area (Å²) in [5.41, 5.74) is 0.825. The van der Waals surface area contributed by atoms with Crippen molar-refractivity contribution in [1.29, 1.82) is 0 Å². The van der Waals surface area contributed by atoms with E-state index in [-0.39, 0.29) is 17.0 Å². The summed E-state index contributed by atoms with van der Waals surface area (Å²) in [5.74, 6) is 0.814. The summed E-state index contributed by atoms with van der Waals surface area (Å²) in [7, 11) is -3.20. The summed E-state index contributed by atoms with van der Waals surface area (Å²) in [4.78, 5) is 12.1. The Balaban J connectivity index is 1.80. The molecule has 2 aromatic rings. The number of rotatable bonds is 6. The number of hydrogen-bond acceptors (Lipinski definition) is 4. The zero-order chi connectivity index (χ0) is 16.9.